The van der Waals surface area contributed by atoms with Gasteiger partial charge >= 0.3 is 5.97 Å². The van der Waals surface area contributed by atoms with Crippen LogP contribution < -0.4 is 9.47 Å². The van der Waals surface area contributed by atoms with Gasteiger partial charge in [-0.05, 0) is 62.4 Å². The van der Waals surface area contributed by atoms with Gasteiger partial charge in [-0.2, -0.15) is 0 Å². The van der Waals surface area contributed by atoms with Crippen molar-refractivity contribution >= 4 is 17.8 Å². The molecule has 0 N–H and O–H groups in total. The molecule has 0 aromatic heterocycles. The molecule has 2 amide bonds. The first-order valence-corrected chi connectivity index (χ1v) is 11.0. The number of nitrogens with zero attached hydrogens (tertiary/aromatic N) is 1. The maximum Gasteiger partial charge on any atom is 0.307 e. The first-order valence-electron chi connectivity index (χ1n) is 11.0. The molecule has 2 aromatic carbocycles. The molecule has 4 rings (SSSR count). The molecule has 1 unspecified atom stereocenters. The summed E-state index contributed by atoms with van der Waals surface area (Å²) < 4.78 is 16.8. The number of rotatable bonds is 8. The lowest BCUT2D eigenvalue weighted by Gasteiger charge is -2.27. The number of imide groups is 1. The Morgan fingerprint density at radius 1 is 1.03 bits per heavy atom. The predicted molar refractivity (Wildman–Crippen MR) is 117 cm³/mol. The third-order valence-corrected chi connectivity index (χ3v) is 5.97. The molecule has 7 nitrogen and oxygen atoms in total. The highest BCUT2D eigenvalue weighted by molar-refractivity contribution is 6.21. The molecule has 0 spiro atoms. The van der Waals surface area contributed by atoms with Crippen molar-refractivity contribution in [2.45, 2.75) is 51.2 Å². The maximum absolute atomic E-state index is 13.1. The van der Waals surface area contributed by atoms with Crippen LogP contribution in [-0.4, -0.2) is 42.5 Å². The molecule has 1 aliphatic heterocycles. The third-order valence-electron chi connectivity index (χ3n) is 5.97. The second kappa shape index (κ2) is 9.42. The van der Waals surface area contributed by atoms with Crippen LogP contribution >= 0.6 is 0 Å². The Hall–Kier alpha value is -3.35. The smallest absolute Gasteiger partial charge is 0.307 e. The van der Waals surface area contributed by atoms with Gasteiger partial charge in [0.25, 0.3) is 11.8 Å². The molecule has 1 aliphatic carbocycles. The van der Waals surface area contributed by atoms with Gasteiger partial charge in [-0.3, -0.25) is 19.3 Å². The number of hydrogen-bond donors (Lipinski definition) is 0. The van der Waals surface area contributed by atoms with E-state index < -0.39 is 23.8 Å². The number of esters is 1. The lowest BCUT2D eigenvalue weighted by atomic mass is 10.0. The van der Waals surface area contributed by atoms with Crippen molar-refractivity contribution in [2.24, 2.45) is 0 Å². The molecule has 1 saturated carbocycles. The summed E-state index contributed by atoms with van der Waals surface area (Å²) in [7, 11) is 1.29. The van der Waals surface area contributed by atoms with E-state index >= 15 is 0 Å². The molecule has 2 aliphatic rings. The SMILES string of the molecule is CCOc1ccc(C(CC(=O)OC)N2C(=O)c3ccccc3C2=O)cc1OC1CCCC1. The molecule has 32 heavy (non-hydrogen) atoms. The molecular weight excluding hydrogens is 410 g/mol. The molecule has 0 saturated heterocycles. The van der Waals surface area contributed by atoms with Gasteiger partial charge in [-0.15, -0.1) is 0 Å². The molecule has 168 valence electrons. The van der Waals surface area contributed by atoms with Crippen molar-refractivity contribution < 1.29 is 28.6 Å². The lowest BCUT2D eigenvalue weighted by Crippen LogP contribution is -2.35. The maximum atomic E-state index is 13.1. The summed E-state index contributed by atoms with van der Waals surface area (Å²) in [5.74, 6) is -0.206. The van der Waals surface area contributed by atoms with Crippen molar-refractivity contribution in [1.29, 1.82) is 0 Å². The van der Waals surface area contributed by atoms with Gasteiger partial charge in [0.1, 0.15) is 0 Å². The van der Waals surface area contributed by atoms with Crippen LogP contribution in [0.2, 0.25) is 0 Å². The van der Waals surface area contributed by atoms with E-state index in [1.54, 1.807) is 42.5 Å². The average molecular weight is 437 g/mol. The highest BCUT2D eigenvalue weighted by atomic mass is 16.5. The summed E-state index contributed by atoms with van der Waals surface area (Å²) >= 11 is 0. The number of hydrogen-bond acceptors (Lipinski definition) is 6. The van der Waals surface area contributed by atoms with Gasteiger partial charge in [0.15, 0.2) is 11.5 Å². The molecule has 1 fully saturated rings. The van der Waals surface area contributed by atoms with Crippen LogP contribution in [0.1, 0.15) is 71.3 Å². The highest BCUT2D eigenvalue weighted by Crippen LogP contribution is 2.39. The van der Waals surface area contributed by atoms with E-state index in [2.05, 4.69) is 0 Å². The first-order chi connectivity index (χ1) is 15.5. The van der Waals surface area contributed by atoms with E-state index in [0.717, 1.165) is 30.6 Å². The highest BCUT2D eigenvalue weighted by Gasteiger charge is 2.41. The molecule has 0 bridgehead atoms. The van der Waals surface area contributed by atoms with Crippen molar-refractivity contribution in [3.63, 3.8) is 0 Å². The summed E-state index contributed by atoms with van der Waals surface area (Å²) in [6.45, 7) is 2.37. The number of carbonyl (C=O) groups is 3. The van der Waals surface area contributed by atoms with Crippen LogP contribution in [0, 0.1) is 0 Å². The summed E-state index contributed by atoms with van der Waals surface area (Å²) in [4.78, 5) is 39.6. The summed E-state index contributed by atoms with van der Waals surface area (Å²) in [6, 6.07) is 11.2. The third kappa shape index (κ3) is 4.20. The predicted octanol–water partition coefficient (Wildman–Crippen LogP) is 4.31. The van der Waals surface area contributed by atoms with Crippen LogP contribution in [0.3, 0.4) is 0 Å². The number of fused-ring (bicyclic) bond motifs is 1. The lowest BCUT2D eigenvalue weighted by molar-refractivity contribution is -0.141. The molecule has 7 heteroatoms. The minimum Gasteiger partial charge on any atom is -0.490 e. The fourth-order valence-electron chi connectivity index (χ4n) is 4.37. The zero-order valence-corrected chi connectivity index (χ0v) is 18.3. The van der Waals surface area contributed by atoms with Crippen LogP contribution in [0.5, 0.6) is 11.5 Å². The molecule has 2 aromatic rings. The first kappa shape index (κ1) is 21.9. The number of methoxy groups -OCH3 is 1. The van der Waals surface area contributed by atoms with E-state index in [9.17, 15) is 14.4 Å². The minimum atomic E-state index is -0.823. The van der Waals surface area contributed by atoms with Crippen LogP contribution in [0.4, 0.5) is 0 Å². The molecule has 1 atom stereocenters. The van der Waals surface area contributed by atoms with Crippen LogP contribution in [0.25, 0.3) is 0 Å². The number of carbonyl (C=O) groups excluding carboxylic acids is 3. The van der Waals surface area contributed by atoms with Gasteiger partial charge in [-0.25, -0.2) is 0 Å². The van der Waals surface area contributed by atoms with E-state index in [1.165, 1.54) is 7.11 Å². The molecular formula is C25H27NO6. The van der Waals surface area contributed by atoms with Crippen LogP contribution in [-0.2, 0) is 9.53 Å². The topological polar surface area (TPSA) is 82.1 Å². The van der Waals surface area contributed by atoms with Gasteiger partial charge in [0, 0.05) is 0 Å². The summed E-state index contributed by atoms with van der Waals surface area (Å²) in [5.41, 5.74) is 1.28. The van der Waals surface area contributed by atoms with Crippen molar-refractivity contribution in [1.82, 2.24) is 4.90 Å². The van der Waals surface area contributed by atoms with Gasteiger partial charge in [0.2, 0.25) is 0 Å². The summed E-state index contributed by atoms with van der Waals surface area (Å²) in [6.07, 6.45) is 4.13. The average Bonchev–Trinajstić information content (AvgIpc) is 3.40. The normalized spacial score (nSPS) is 16.8. The largest absolute Gasteiger partial charge is 0.490 e. The van der Waals surface area contributed by atoms with E-state index in [1.807, 2.05) is 6.92 Å². The number of ether oxygens (including phenoxy) is 3. The van der Waals surface area contributed by atoms with Gasteiger partial charge in [0.05, 0.1) is 43.4 Å². The Morgan fingerprint density at radius 3 is 2.28 bits per heavy atom. The quantitative estimate of drug-likeness (QED) is 0.452. The second-order valence-electron chi connectivity index (χ2n) is 7.99. The Morgan fingerprint density at radius 2 is 1.69 bits per heavy atom. The van der Waals surface area contributed by atoms with Crippen molar-refractivity contribution in [3.8, 4) is 11.5 Å². The van der Waals surface area contributed by atoms with E-state index in [0.29, 0.717) is 34.8 Å². The van der Waals surface area contributed by atoms with E-state index in [-0.39, 0.29) is 12.5 Å². The van der Waals surface area contributed by atoms with Crippen molar-refractivity contribution in [2.75, 3.05) is 13.7 Å². The van der Waals surface area contributed by atoms with Crippen LogP contribution in [0.15, 0.2) is 42.5 Å². The molecule has 1 heterocycles. The Labute approximate surface area is 187 Å². The zero-order valence-electron chi connectivity index (χ0n) is 18.3. The monoisotopic (exact) mass is 437 g/mol. The van der Waals surface area contributed by atoms with Gasteiger partial charge < -0.3 is 14.2 Å². The number of benzene rings is 2. The van der Waals surface area contributed by atoms with E-state index in [4.69, 9.17) is 14.2 Å². The fourth-order valence-corrected chi connectivity index (χ4v) is 4.37. The Balaban J connectivity index is 1.72. The standard InChI is InChI=1S/C25H27NO6/c1-3-31-21-13-12-16(14-22(21)32-17-8-4-5-9-17)20(15-23(27)30-2)26-24(28)18-10-6-7-11-19(18)25(26)29/h6-7,10-14,17,20H,3-5,8-9,15H2,1-2H3. The van der Waals surface area contributed by atoms with Gasteiger partial charge in [-0.1, -0.05) is 18.2 Å². The second-order valence-corrected chi connectivity index (χ2v) is 7.99. The van der Waals surface area contributed by atoms with Crippen molar-refractivity contribution in [3.05, 3.63) is 59.2 Å². The zero-order chi connectivity index (χ0) is 22.7. The fraction of sp³-hybridized carbons (Fsp3) is 0.400. The molecule has 0 radical (unpaired) electrons. The Kier molecular flexibility index (Phi) is 6.44. The Bertz CT molecular complexity index is 992. The minimum absolute atomic E-state index is 0.0998. The summed E-state index contributed by atoms with van der Waals surface area (Å²) in [5, 5.41) is 0. The number of amides is 2.